The van der Waals surface area contributed by atoms with Crippen molar-refractivity contribution < 1.29 is 9.47 Å². The molecule has 3 heteroatoms. The number of fused-ring (bicyclic) bond motifs is 3. The molecule has 0 bridgehead atoms. The highest BCUT2D eigenvalue weighted by molar-refractivity contribution is 5.59. The first kappa shape index (κ1) is 16.2. The van der Waals surface area contributed by atoms with Crippen molar-refractivity contribution in [3.05, 3.63) is 54.1 Å². The molecule has 2 aromatic rings. The van der Waals surface area contributed by atoms with Crippen LogP contribution < -0.4 is 10.1 Å². The van der Waals surface area contributed by atoms with Crippen LogP contribution in [-0.2, 0) is 4.74 Å². The summed E-state index contributed by atoms with van der Waals surface area (Å²) < 4.78 is 12.3. The molecule has 1 saturated heterocycles. The molecule has 0 amide bonds. The van der Waals surface area contributed by atoms with Crippen molar-refractivity contribution in [1.82, 2.24) is 0 Å². The van der Waals surface area contributed by atoms with Crippen LogP contribution in [0.15, 0.2) is 48.5 Å². The van der Waals surface area contributed by atoms with E-state index in [0.29, 0.717) is 12.0 Å². The quantitative estimate of drug-likeness (QED) is 0.745. The van der Waals surface area contributed by atoms with Gasteiger partial charge in [0.15, 0.2) is 0 Å². The van der Waals surface area contributed by atoms with E-state index in [1.807, 2.05) is 30.3 Å². The van der Waals surface area contributed by atoms with Gasteiger partial charge in [0.2, 0.25) is 0 Å². The van der Waals surface area contributed by atoms with Gasteiger partial charge in [0.25, 0.3) is 0 Å². The predicted octanol–water partition coefficient (Wildman–Crippen LogP) is 5.93. The third kappa shape index (κ3) is 2.99. The summed E-state index contributed by atoms with van der Waals surface area (Å²) in [7, 11) is 0. The largest absolute Gasteiger partial charge is 0.457 e. The maximum Gasteiger partial charge on any atom is 0.127 e. The number of nitrogens with one attached hydrogen (secondary N) is 1. The van der Waals surface area contributed by atoms with Crippen LogP contribution in [0.1, 0.15) is 50.2 Å². The van der Waals surface area contributed by atoms with Crippen LogP contribution in [0.25, 0.3) is 0 Å². The highest BCUT2D eigenvalue weighted by Crippen LogP contribution is 2.49. The third-order valence-electron chi connectivity index (χ3n) is 6.39. The lowest BCUT2D eigenvalue weighted by Crippen LogP contribution is -2.42. The fourth-order valence-electron chi connectivity index (χ4n) is 5.14. The smallest absolute Gasteiger partial charge is 0.127 e. The Morgan fingerprint density at radius 1 is 0.885 bits per heavy atom. The summed E-state index contributed by atoms with van der Waals surface area (Å²) in [5.41, 5.74) is 2.51. The fraction of sp³-hybridized carbons (Fsp3) is 0.478. The maximum absolute atomic E-state index is 6.21. The molecule has 0 aromatic heterocycles. The van der Waals surface area contributed by atoms with Crippen LogP contribution in [0.4, 0.5) is 5.69 Å². The van der Waals surface area contributed by atoms with Gasteiger partial charge in [-0.3, -0.25) is 0 Å². The molecule has 0 spiro atoms. The predicted molar refractivity (Wildman–Crippen MR) is 104 cm³/mol. The SMILES string of the molecule is c1ccc(Oc2ccc3c(c2)[C@H]2OCC[C@H]2[C@@H](C2CCCCC2)N3)cc1. The van der Waals surface area contributed by atoms with E-state index in [2.05, 4.69) is 23.5 Å². The Kier molecular flexibility index (Phi) is 4.33. The molecular weight excluding hydrogens is 322 g/mol. The number of benzene rings is 2. The maximum atomic E-state index is 6.21. The molecule has 0 radical (unpaired) electrons. The normalized spacial score (nSPS) is 28.1. The van der Waals surface area contributed by atoms with E-state index in [4.69, 9.17) is 9.47 Å². The Balaban J connectivity index is 1.42. The van der Waals surface area contributed by atoms with Gasteiger partial charge in [-0.15, -0.1) is 0 Å². The second-order valence-electron chi connectivity index (χ2n) is 7.98. The molecule has 1 saturated carbocycles. The first-order chi connectivity index (χ1) is 12.9. The first-order valence-corrected chi connectivity index (χ1v) is 10.1. The van der Waals surface area contributed by atoms with E-state index in [-0.39, 0.29) is 6.10 Å². The lowest BCUT2D eigenvalue weighted by atomic mass is 9.73. The summed E-state index contributed by atoms with van der Waals surface area (Å²) in [5, 5.41) is 3.89. The summed E-state index contributed by atoms with van der Waals surface area (Å²) in [4.78, 5) is 0. The minimum Gasteiger partial charge on any atom is -0.457 e. The average molecular weight is 349 g/mol. The van der Waals surface area contributed by atoms with Gasteiger partial charge in [0.05, 0.1) is 6.10 Å². The third-order valence-corrected chi connectivity index (χ3v) is 6.39. The van der Waals surface area contributed by atoms with Gasteiger partial charge >= 0.3 is 0 Å². The van der Waals surface area contributed by atoms with Gasteiger partial charge in [0.1, 0.15) is 11.5 Å². The van der Waals surface area contributed by atoms with Gasteiger partial charge in [-0.1, -0.05) is 37.5 Å². The molecule has 5 rings (SSSR count). The summed E-state index contributed by atoms with van der Waals surface area (Å²) in [6, 6.07) is 17.0. The lowest BCUT2D eigenvalue weighted by molar-refractivity contribution is 0.0730. The van der Waals surface area contributed by atoms with E-state index in [1.54, 1.807) is 0 Å². The number of para-hydroxylation sites is 1. The zero-order valence-electron chi connectivity index (χ0n) is 15.2. The number of anilines is 1. The number of hydrogen-bond acceptors (Lipinski definition) is 3. The van der Waals surface area contributed by atoms with Crippen molar-refractivity contribution in [1.29, 1.82) is 0 Å². The molecule has 2 aromatic carbocycles. The van der Waals surface area contributed by atoms with Crippen LogP contribution in [0.2, 0.25) is 0 Å². The molecule has 3 nitrogen and oxygen atoms in total. The summed E-state index contributed by atoms with van der Waals surface area (Å²) in [6.07, 6.45) is 8.30. The van der Waals surface area contributed by atoms with E-state index in [1.165, 1.54) is 49.8 Å². The molecular formula is C23H27NO2. The first-order valence-electron chi connectivity index (χ1n) is 10.1. The highest BCUT2D eigenvalue weighted by atomic mass is 16.5. The average Bonchev–Trinajstić information content (AvgIpc) is 3.19. The van der Waals surface area contributed by atoms with Crippen LogP contribution in [0, 0.1) is 11.8 Å². The van der Waals surface area contributed by atoms with Crippen molar-refractivity contribution in [2.45, 2.75) is 50.7 Å². The summed E-state index contributed by atoms with van der Waals surface area (Å²) in [6.45, 7) is 0.878. The molecule has 1 N–H and O–H groups in total. The summed E-state index contributed by atoms with van der Waals surface area (Å²) in [5.74, 6) is 3.16. The molecule has 3 aliphatic rings. The van der Waals surface area contributed by atoms with Crippen molar-refractivity contribution in [3.63, 3.8) is 0 Å². The number of ether oxygens (including phenoxy) is 2. The van der Waals surface area contributed by atoms with Gasteiger partial charge in [-0.2, -0.15) is 0 Å². The molecule has 1 aliphatic carbocycles. The Morgan fingerprint density at radius 3 is 2.58 bits per heavy atom. The van der Waals surface area contributed by atoms with Crippen molar-refractivity contribution in [2.24, 2.45) is 11.8 Å². The van der Waals surface area contributed by atoms with Gasteiger partial charge < -0.3 is 14.8 Å². The van der Waals surface area contributed by atoms with Crippen molar-refractivity contribution in [3.8, 4) is 11.5 Å². The second kappa shape index (κ2) is 6.96. The number of rotatable bonds is 3. The standard InChI is InChI=1S/C23H27NO2/c1-3-7-16(8-4-1)22-19-13-14-25-23(19)20-15-18(11-12-21(20)24-22)26-17-9-5-2-6-10-17/h2,5-6,9-12,15-16,19,22-24H,1,3-4,7-8,13-14H2/t19-,22+,23-/m0/s1. The minimum absolute atomic E-state index is 0.220. The van der Waals surface area contributed by atoms with E-state index in [0.717, 1.165) is 24.0 Å². The van der Waals surface area contributed by atoms with Crippen molar-refractivity contribution >= 4 is 5.69 Å². The molecule has 2 aliphatic heterocycles. The molecule has 2 fully saturated rings. The van der Waals surface area contributed by atoms with E-state index < -0.39 is 0 Å². The highest BCUT2D eigenvalue weighted by Gasteiger charge is 2.43. The Hall–Kier alpha value is -2.00. The second-order valence-corrected chi connectivity index (χ2v) is 7.98. The van der Waals surface area contributed by atoms with Crippen LogP contribution in [0.5, 0.6) is 11.5 Å². The van der Waals surface area contributed by atoms with Gasteiger partial charge in [0, 0.05) is 29.8 Å². The molecule has 0 unspecified atom stereocenters. The molecule has 136 valence electrons. The van der Waals surface area contributed by atoms with Crippen LogP contribution >= 0.6 is 0 Å². The Morgan fingerprint density at radius 2 is 1.73 bits per heavy atom. The lowest BCUT2D eigenvalue weighted by Gasteiger charge is -2.42. The number of hydrogen-bond donors (Lipinski definition) is 1. The Bertz CT molecular complexity index is 754. The Labute approximate surface area is 155 Å². The van der Waals surface area contributed by atoms with E-state index >= 15 is 0 Å². The molecule has 3 atom stereocenters. The molecule has 26 heavy (non-hydrogen) atoms. The van der Waals surface area contributed by atoms with Crippen molar-refractivity contribution in [2.75, 3.05) is 11.9 Å². The van der Waals surface area contributed by atoms with Gasteiger partial charge in [-0.25, -0.2) is 0 Å². The molecule has 2 heterocycles. The topological polar surface area (TPSA) is 30.5 Å². The van der Waals surface area contributed by atoms with Crippen LogP contribution in [0.3, 0.4) is 0 Å². The zero-order chi connectivity index (χ0) is 17.3. The van der Waals surface area contributed by atoms with E-state index in [9.17, 15) is 0 Å². The van der Waals surface area contributed by atoms with Crippen LogP contribution in [-0.4, -0.2) is 12.6 Å². The summed E-state index contributed by atoms with van der Waals surface area (Å²) >= 11 is 0. The zero-order valence-corrected chi connectivity index (χ0v) is 15.2. The fourth-order valence-corrected chi connectivity index (χ4v) is 5.14. The monoisotopic (exact) mass is 349 g/mol. The minimum atomic E-state index is 0.220. The van der Waals surface area contributed by atoms with Gasteiger partial charge in [-0.05, 0) is 55.5 Å².